The average molecular weight is 316 g/mol. The molecule has 0 saturated carbocycles. The molecule has 3 rings (SSSR count). The number of hydrogen-bond acceptors (Lipinski definition) is 5. The Bertz CT molecular complexity index is 883. The van der Waals surface area contributed by atoms with Gasteiger partial charge in [-0.25, -0.2) is 13.4 Å². The second-order valence-electron chi connectivity index (χ2n) is 4.89. The predicted octanol–water partition coefficient (Wildman–Crippen LogP) is 3.23. The first-order chi connectivity index (χ1) is 10.6. The van der Waals surface area contributed by atoms with Gasteiger partial charge >= 0.3 is 0 Å². The summed E-state index contributed by atoms with van der Waals surface area (Å²) < 4.78 is 28.9. The van der Waals surface area contributed by atoms with Crippen LogP contribution in [0.4, 0.5) is 5.82 Å². The molecular formula is C16H16N2O3S. The van der Waals surface area contributed by atoms with Crippen LogP contribution in [0.2, 0.25) is 0 Å². The zero-order valence-corrected chi connectivity index (χ0v) is 12.9. The van der Waals surface area contributed by atoms with Crippen molar-refractivity contribution in [2.45, 2.75) is 18.4 Å². The van der Waals surface area contributed by atoms with Gasteiger partial charge in [0, 0.05) is 12.7 Å². The third-order valence-corrected chi connectivity index (χ3v) is 5.25. The monoisotopic (exact) mass is 316 g/mol. The highest BCUT2D eigenvalue weighted by Crippen LogP contribution is 2.22. The molecule has 0 radical (unpaired) electrons. The second-order valence-corrected chi connectivity index (χ2v) is 7.17. The summed E-state index contributed by atoms with van der Waals surface area (Å²) >= 11 is 0. The third-order valence-electron chi connectivity index (χ3n) is 3.50. The van der Waals surface area contributed by atoms with Gasteiger partial charge in [0.1, 0.15) is 11.4 Å². The summed E-state index contributed by atoms with van der Waals surface area (Å²) in [4.78, 5) is 4.65. The molecular weight excluding hydrogens is 300 g/mol. The lowest BCUT2D eigenvalue weighted by Crippen LogP contribution is -2.05. The molecule has 0 saturated heterocycles. The van der Waals surface area contributed by atoms with Crippen LogP contribution in [-0.4, -0.2) is 19.2 Å². The molecule has 0 aliphatic rings. The number of rotatable bonds is 5. The van der Waals surface area contributed by atoms with E-state index in [9.17, 15) is 8.42 Å². The topological polar surface area (TPSA) is 72.2 Å². The number of sulfone groups is 1. The molecule has 0 unspecified atom stereocenters. The van der Waals surface area contributed by atoms with E-state index in [1.807, 2.05) is 24.3 Å². The Morgan fingerprint density at radius 1 is 1.14 bits per heavy atom. The molecule has 0 atom stereocenters. The molecule has 6 heteroatoms. The molecule has 0 amide bonds. The summed E-state index contributed by atoms with van der Waals surface area (Å²) in [6, 6.07) is 10.6. The van der Waals surface area contributed by atoms with Crippen molar-refractivity contribution >= 4 is 26.6 Å². The van der Waals surface area contributed by atoms with Crippen LogP contribution >= 0.6 is 0 Å². The van der Waals surface area contributed by atoms with Gasteiger partial charge in [0.2, 0.25) is 0 Å². The molecule has 0 spiro atoms. The van der Waals surface area contributed by atoms with E-state index in [-0.39, 0.29) is 5.75 Å². The molecule has 0 bridgehead atoms. The van der Waals surface area contributed by atoms with Crippen molar-refractivity contribution in [2.75, 3.05) is 11.1 Å². The van der Waals surface area contributed by atoms with Crippen molar-refractivity contribution in [3.63, 3.8) is 0 Å². The van der Waals surface area contributed by atoms with Gasteiger partial charge in [0.25, 0.3) is 0 Å². The van der Waals surface area contributed by atoms with E-state index in [0.29, 0.717) is 11.4 Å². The Balaban J connectivity index is 1.76. The highest BCUT2D eigenvalue weighted by atomic mass is 32.2. The smallest absolute Gasteiger partial charge is 0.178 e. The molecule has 2 heterocycles. The highest BCUT2D eigenvalue weighted by Gasteiger charge is 2.11. The number of nitrogens with zero attached hydrogens (tertiary/aromatic N) is 1. The fourth-order valence-electron chi connectivity index (χ4n) is 2.20. The Hall–Kier alpha value is -2.34. The van der Waals surface area contributed by atoms with Crippen molar-refractivity contribution in [3.05, 3.63) is 54.4 Å². The Morgan fingerprint density at radius 3 is 2.64 bits per heavy atom. The van der Waals surface area contributed by atoms with Gasteiger partial charge in [-0.1, -0.05) is 19.1 Å². The van der Waals surface area contributed by atoms with E-state index in [4.69, 9.17) is 4.42 Å². The van der Waals surface area contributed by atoms with Gasteiger partial charge < -0.3 is 9.73 Å². The average Bonchev–Trinajstić information content (AvgIpc) is 3.02. The van der Waals surface area contributed by atoms with E-state index in [1.165, 1.54) is 0 Å². The number of anilines is 1. The molecule has 3 aromatic rings. The van der Waals surface area contributed by atoms with Crippen LogP contribution in [0.3, 0.4) is 0 Å². The SMILES string of the molecule is CCS(=O)(=O)c1ccc(CNc2nccc3occc23)cc1. The minimum atomic E-state index is -3.15. The zero-order chi connectivity index (χ0) is 15.6. The van der Waals surface area contributed by atoms with Crippen LogP contribution in [0, 0.1) is 0 Å². The summed E-state index contributed by atoms with van der Waals surface area (Å²) in [6.07, 6.45) is 3.31. The van der Waals surface area contributed by atoms with Gasteiger partial charge in [-0.3, -0.25) is 0 Å². The summed E-state index contributed by atoms with van der Waals surface area (Å²) in [5.74, 6) is 0.855. The largest absolute Gasteiger partial charge is 0.464 e. The van der Waals surface area contributed by atoms with Gasteiger partial charge in [-0.15, -0.1) is 0 Å². The summed E-state index contributed by atoms with van der Waals surface area (Å²) in [5, 5.41) is 4.17. The van der Waals surface area contributed by atoms with Crippen molar-refractivity contribution in [3.8, 4) is 0 Å². The minimum absolute atomic E-state index is 0.108. The van der Waals surface area contributed by atoms with Crippen LogP contribution in [-0.2, 0) is 16.4 Å². The Labute approximate surface area is 128 Å². The molecule has 1 aromatic carbocycles. The molecule has 2 aromatic heterocycles. The summed E-state index contributed by atoms with van der Waals surface area (Å²) in [7, 11) is -3.15. The lowest BCUT2D eigenvalue weighted by molar-refractivity contribution is 0.597. The maximum Gasteiger partial charge on any atom is 0.178 e. The van der Waals surface area contributed by atoms with Crippen molar-refractivity contribution < 1.29 is 12.8 Å². The normalized spacial score (nSPS) is 11.7. The van der Waals surface area contributed by atoms with E-state index < -0.39 is 9.84 Å². The number of hydrogen-bond donors (Lipinski definition) is 1. The van der Waals surface area contributed by atoms with E-state index >= 15 is 0 Å². The number of furan rings is 1. The van der Waals surface area contributed by atoms with Crippen LogP contribution < -0.4 is 5.32 Å². The molecule has 114 valence electrons. The van der Waals surface area contributed by atoms with Crippen molar-refractivity contribution in [1.29, 1.82) is 0 Å². The maximum atomic E-state index is 11.8. The molecule has 5 nitrogen and oxygen atoms in total. The first-order valence-electron chi connectivity index (χ1n) is 6.98. The van der Waals surface area contributed by atoms with Crippen LogP contribution in [0.1, 0.15) is 12.5 Å². The predicted molar refractivity (Wildman–Crippen MR) is 85.5 cm³/mol. The number of nitrogens with one attached hydrogen (secondary N) is 1. The molecule has 22 heavy (non-hydrogen) atoms. The summed E-state index contributed by atoms with van der Waals surface area (Å²) in [5.41, 5.74) is 1.76. The second kappa shape index (κ2) is 5.81. The highest BCUT2D eigenvalue weighted by molar-refractivity contribution is 7.91. The van der Waals surface area contributed by atoms with Gasteiger partial charge in [-0.2, -0.15) is 0 Å². The standard InChI is InChI=1S/C16H16N2O3S/c1-2-22(19,20)13-5-3-12(4-6-13)11-18-16-14-8-10-21-15(14)7-9-17-16/h3-10H,2,11H2,1H3,(H,17,18). The minimum Gasteiger partial charge on any atom is -0.464 e. The maximum absolute atomic E-state index is 11.8. The number of pyridine rings is 1. The first-order valence-corrected chi connectivity index (χ1v) is 8.63. The Morgan fingerprint density at radius 2 is 1.91 bits per heavy atom. The number of benzene rings is 1. The van der Waals surface area contributed by atoms with Crippen LogP contribution in [0.5, 0.6) is 0 Å². The lowest BCUT2D eigenvalue weighted by atomic mass is 10.2. The van der Waals surface area contributed by atoms with Crippen LogP contribution in [0.25, 0.3) is 11.0 Å². The van der Waals surface area contributed by atoms with Gasteiger partial charge in [-0.05, 0) is 29.8 Å². The molecule has 0 fully saturated rings. The fourth-order valence-corrected chi connectivity index (χ4v) is 3.09. The molecule has 0 aliphatic heterocycles. The molecule has 1 N–H and O–H groups in total. The van der Waals surface area contributed by atoms with E-state index in [2.05, 4.69) is 10.3 Å². The quantitative estimate of drug-likeness (QED) is 0.782. The first kappa shape index (κ1) is 14.6. The molecule has 0 aliphatic carbocycles. The Kier molecular flexibility index (Phi) is 3.85. The van der Waals surface area contributed by atoms with Crippen molar-refractivity contribution in [2.24, 2.45) is 0 Å². The third kappa shape index (κ3) is 2.82. The summed E-state index contributed by atoms with van der Waals surface area (Å²) in [6.45, 7) is 2.20. The van der Waals surface area contributed by atoms with E-state index in [1.54, 1.807) is 31.5 Å². The fraction of sp³-hybridized carbons (Fsp3) is 0.188. The van der Waals surface area contributed by atoms with Crippen molar-refractivity contribution in [1.82, 2.24) is 4.98 Å². The van der Waals surface area contributed by atoms with E-state index in [0.717, 1.165) is 22.4 Å². The van der Waals surface area contributed by atoms with Crippen LogP contribution in [0.15, 0.2) is 58.2 Å². The lowest BCUT2D eigenvalue weighted by Gasteiger charge is -2.07. The number of aromatic nitrogens is 1. The van der Waals surface area contributed by atoms with Gasteiger partial charge in [0.15, 0.2) is 9.84 Å². The zero-order valence-electron chi connectivity index (χ0n) is 12.1. The van der Waals surface area contributed by atoms with Gasteiger partial charge in [0.05, 0.1) is 22.3 Å². The number of fused-ring (bicyclic) bond motifs is 1.